The first-order valence-electron chi connectivity index (χ1n) is 5.45. The van der Waals surface area contributed by atoms with Gasteiger partial charge in [0.05, 0.1) is 11.5 Å². The average molecular weight is 202 g/mol. The third-order valence-corrected chi connectivity index (χ3v) is 4.39. The molecule has 15 heavy (non-hydrogen) atoms. The van der Waals surface area contributed by atoms with E-state index in [1.807, 2.05) is 6.08 Å². The molecule has 1 heterocycles. The van der Waals surface area contributed by atoms with E-state index in [0.717, 1.165) is 5.57 Å². The SMILES string of the molecule is O=C1OC(=O)C2C1=C1C=CC2C2CCC12. The van der Waals surface area contributed by atoms with Crippen molar-refractivity contribution in [2.45, 2.75) is 12.8 Å². The van der Waals surface area contributed by atoms with Gasteiger partial charge in [0, 0.05) is 0 Å². The van der Waals surface area contributed by atoms with Gasteiger partial charge < -0.3 is 4.74 Å². The molecule has 0 radical (unpaired) electrons. The van der Waals surface area contributed by atoms with E-state index in [-0.39, 0.29) is 23.8 Å². The standard InChI is InChI=1S/C12H10O3/c13-11-9-7-3-4-8(6-2-1-5(6)7)10(9)12(14)15-11/h3-7,9H,1-2H2. The Balaban J connectivity index is 1.97. The summed E-state index contributed by atoms with van der Waals surface area (Å²) in [4.78, 5) is 23.1. The highest BCUT2D eigenvalue weighted by molar-refractivity contribution is 6.09. The van der Waals surface area contributed by atoms with Gasteiger partial charge in [0.2, 0.25) is 0 Å². The number of carbonyl (C=O) groups is 2. The molecule has 76 valence electrons. The Labute approximate surface area is 86.8 Å². The maximum atomic E-state index is 11.6. The number of cyclic esters (lactones) is 2. The van der Waals surface area contributed by atoms with Gasteiger partial charge in [0.25, 0.3) is 0 Å². The second kappa shape index (κ2) is 2.23. The van der Waals surface area contributed by atoms with Crippen LogP contribution in [0.25, 0.3) is 0 Å². The van der Waals surface area contributed by atoms with Gasteiger partial charge in [-0.2, -0.15) is 0 Å². The molecule has 3 heteroatoms. The molecule has 2 fully saturated rings. The molecule has 0 aromatic rings. The van der Waals surface area contributed by atoms with Crippen LogP contribution in [-0.2, 0) is 14.3 Å². The lowest BCUT2D eigenvalue weighted by atomic mass is 9.52. The summed E-state index contributed by atoms with van der Waals surface area (Å²) in [6.45, 7) is 0. The highest BCUT2D eigenvalue weighted by Gasteiger charge is 2.57. The number of hydrogen-bond acceptors (Lipinski definition) is 3. The Morgan fingerprint density at radius 1 is 1.27 bits per heavy atom. The number of hydrogen-bond donors (Lipinski definition) is 0. The molecular formula is C12H10O3. The number of carbonyl (C=O) groups excluding carboxylic acids is 2. The Morgan fingerprint density at radius 2 is 2.13 bits per heavy atom. The van der Waals surface area contributed by atoms with Crippen molar-refractivity contribution in [3.63, 3.8) is 0 Å². The fourth-order valence-electron chi connectivity index (χ4n) is 3.60. The van der Waals surface area contributed by atoms with E-state index in [0.29, 0.717) is 17.4 Å². The van der Waals surface area contributed by atoms with Crippen LogP contribution in [0, 0.1) is 23.7 Å². The highest BCUT2D eigenvalue weighted by atomic mass is 16.6. The summed E-state index contributed by atoms with van der Waals surface area (Å²) in [5.41, 5.74) is 1.77. The van der Waals surface area contributed by atoms with E-state index in [1.165, 1.54) is 12.8 Å². The summed E-state index contributed by atoms with van der Waals surface area (Å²) in [5.74, 6) is 0.378. The third-order valence-electron chi connectivity index (χ3n) is 4.39. The average Bonchev–Trinajstić information content (AvgIpc) is 2.44. The molecule has 1 saturated carbocycles. The van der Waals surface area contributed by atoms with Gasteiger partial charge in [0.15, 0.2) is 0 Å². The molecule has 0 N–H and O–H groups in total. The van der Waals surface area contributed by atoms with Crippen LogP contribution in [-0.4, -0.2) is 11.9 Å². The molecule has 0 aromatic carbocycles. The van der Waals surface area contributed by atoms with Gasteiger partial charge in [-0.1, -0.05) is 12.2 Å². The summed E-state index contributed by atoms with van der Waals surface area (Å²) >= 11 is 0. The van der Waals surface area contributed by atoms with Crippen LogP contribution in [0.15, 0.2) is 23.3 Å². The quantitative estimate of drug-likeness (QED) is 0.438. The second-order valence-electron chi connectivity index (χ2n) is 4.84. The zero-order valence-corrected chi connectivity index (χ0v) is 8.10. The Hall–Kier alpha value is -1.38. The zero-order valence-electron chi connectivity index (χ0n) is 8.10. The van der Waals surface area contributed by atoms with Gasteiger partial charge in [-0.3, -0.25) is 4.79 Å². The Bertz CT molecular complexity index is 457. The monoisotopic (exact) mass is 202 g/mol. The van der Waals surface area contributed by atoms with Crippen molar-refractivity contribution < 1.29 is 14.3 Å². The predicted octanol–water partition coefficient (Wildman–Crippen LogP) is 1.21. The van der Waals surface area contributed by atoms with Crippen LogP contribution >= 0.6 is 0 Å². The fraction of sp³-hybridized carbons (Fsp3) is 0.500. The van der Waals surface area contributed by atoms with Crippen LogP contribution in [0.4, 0.5) is 0 Å². The van der Waals surface area contributed by atoms with Crippen molar-refractivity contribution in [2.75, 3.05) is 0 Å². The molecule has 4 unspecified atom stereocenters. The van der Waals surface area contributed by atoms with Gasteiger partial charge in [0.1, 0.15) is 0 Å². The first-order chi connectivity index (χ1) is 7.27. The van der Waals surface area contributed by atoms with Crippen LogP contribution in [0.5, 0.6) is 0 Å². The fourth-order valence-corrected chi connectivity index (χ4v) is 3.60. The highest BCUT2D eigenvalue weighted by Crippen LogP contribution is 2.58. The smallest absolute Gasteiger partial charge is 0.342 e. The van der Waals surface area contributed by atoms with E-state index in [4.69, 9.17) is 4.74 Å². The second-order valence-corrected chi connectivity index (χ2v) is 4.84. The molecule has 4 atom stereocenters. The maximum Gasteiger partial charge on any atom is 0.342 e. The Kier molecular flexibility index (Phi) is 1.17. The van der Waals surface area contributed by atoms with Crippen molar-refractivity contribution in [2.24, 2.45) is 23.7 Å². The molecule has 5 rings (SSSR count). The first kappa shape index (κ1) is 7.85. The topological polar surface area (TPSA) is 43.4 Å². The number of rotatable bonds is 0. The minimum atomic E-state index is -0.389. The largest absolute Gasteiger partial charge is 0.389 e. The molecule has 0 spiro atoms. The van der Waals surface area contributed by atoms with Crippen LogP contribution in [0.1, 0.15) is 12.8 Å². The summed E-state index contributed by atoms with van der Waals surface area (Å²) in [6.07, 6.45) is 6.49. The molecule has 4 aliphatic carbocycles. The normalized spacial score (nSPS) is 45.1. The van der Waals surface area contributed by atoms with Crippen molar-refractivity contribution >= 4 is 11.9 Å². The lowest BCUT2D eigenvalue weighted by Gasteiger charge is -2.50. The molecule has 0 aromatic heterocycles. The first-order valence-corrected chi connectivity index (χ1v) is 5.45. The molecule has 2 bridgehead atoms. The van der Waals surface area contributed by atoms with E-state index in [9.17, 15) is 9.59 Å². The van der Waals surface area contributed by atoms with Gasteiger partial charge in [-0.05, 0) is 36.2 Å². The van der Waals surface area contributed by atoms with Gasteiger partial charge in [-0.25, -0.2) is 4.79 Å². The Morgan fingerprint density at radius 3 is 2.87 bits per heavy atom. The molecule has 5 aliphatic rings. The maximum absolute atomic E-state index is 11.6. The van der Waals surface area contributed by atoms with E-state index in [1.54, 1.807) is 0 Å². The lowest BCUT2D eigenvalue weighted by Crippen LogP contribution is -2.45. The number of allylic oxidation sites excluding steroid dienone is 3. The van der Waals surface area contributed by atoms with Crippen LogP contribution in [0.2, 0.25) is 0 Å². The summed E-state index contributed by atoms with van der Waals surface area (Å²) in [6, 6.07) is 0. The molecule has 1 aliphatic heterocycles. The molecule has 3 nitrogen and oxygen atoms in total. The summed E-state index contributed by atoms with van der Waals surface area (Å²) < 4.78 is 4.74. The van der Waals surface area contributed by atoms with E-state index < -0.39 is 0 Å². The van der Waals surface area contributed by atoms with Crippen molar-refractivity contribution in [1.29, 1.82) is 0 Å². The lowest BCUT2D eigenvalue weighted by molar-refractivity contribution is -0.153. The molecule has 0 amide bonds. The third kappa shape index (κ3) is 0.715. The number of esters is 2. The predicted molar refractivity (Wildman–Crippen MR) is 50.5 cm³/mol. The van der Waals surface area contributed by atoms with Crippen molar-refractivity contribution in [1.82, 2.24) is 0 Å². The minimum absolute atomic E-state index is 0.232. The molecular weight excluding hydrogens is 192 g/mol. The zero-order chi connectivity index (χ0) is 10.2. The van der Waals surface area contributed by atoms with Crippen molar-refractivity contribution in [3.05, 3.63) is 23.3 Å². The summed E-state index contributed by atoms with van der Waals surface area (Å²) in [5, 5.41) is 0. The minimum Gasteiger partial charge on any atom is -0.389 e. The van der Waals surface area contributed by atoms with Crippen LogP contribution in [0.3, 0.4) is 0 Å². The van der Waals surface area contributed by atoms with Crippen LogP contribution < -0.4 is 0 Å². The van der Waals surface area contributed by atoms with Gasteiger partial charge in [-0.15, -0.1) is 0 Å². The number of ether oxygens (including phenoxy) is 1. The molecule has 1 saturated heterocycles. The summed E-state index contributed by atoms with van der Waals surface area (Å²) in [7, 11) is 0. The van der Waals surface area contributed by atoms with Gasteiger partial charge >= 0.3 is 11.9 Å². The van der Waals surface area contributed by atoms with Crippen molar-refractivity contribution in [3.8, 4) is 0 Å². The van der Waals surface area contributed by atoms with E-state index >= 15 is 0 Å². The van der Waals surface area contributed by atoms with E-state index in [2.05, 4.69) is 6.08 Å².